The van der Waals surface area contributed by atoms with Gasteiger partial charge in [0.1, 0.15) is 11.8 Å². The molecule has 0 saturated heterocycles. The van der Waals surface area contributed by atoms with Gasteiger partial charge in [0.2, 0.25) is 0 Å². The van der Waals surface area contributed by atoms with E-state index in [0.717, 1.165) is 6.26 Å². The number of aliphatic hydroxyl groups is 1. The number of aliphatic hydroxyl groups excluding tert-OH is 1. The summed E-state index contributed by atoms with van der Waals surface area (Å²) in [7, 11) is -3.81. The molecule has 0 spiro atoms. The molecule has 0 saturated carbocycles. The standard InChI is InChI=1S/C10H13NO5S/c1-17(14,15)10(13)8(11)9(12)16-7-5-3-2-4-6-7/h2-6,8,10,13H,11H2,1H3/t8-,10+/m1/s1. The first-order valence-electron chi connectivity index (χ1n) is 4.71. The highest BCUT2D eigenvalue weighted by atomic mass is 32.2. The Hall–Kier alpha value is -1.44. The zero-order valence-electron chi connectivity index (χ0n) is 9.11. The van der Waals surface area contributed by atoms with Gasteiger partial charge in [0, 0.05) is 6.26 Å². The molecule has 6 nitrogen and oxygen atoms in total. The zero-order valence-corrected chi connectivity index (χ0v) is 9.92. The number of ether oxygens (including phenoxy) is 1. The van der Waals surface area contributed by atoms with E-state index in [1.165, 1.54) is 12.1 Å². The first kappa shape index (κ1) is 13.6. The first-order chi connectivity index (χ1) is 7.82. The minimum atomic E-state index is -3.81. The number of nitrogens with two attached hydrogens (primary N) is 1. The molecule has 0 radical (unpaired) electrons. The minimum Gasteiger partial charge on any atom is -0.425 e. The van der Waals surface area contributed by atoms with Gasteiger partial charge in [-0.3, -0.25) is 0 Å². The summed E-state index contributed by atoms with van der Waals surface area (Å²) in [6, 6.07) is 6.39. The van der Waals surface area contributed by atoms with Crippen LogP contribution in [0.1, 0.15) is 0 Å². The van der Waals surface area contributed by atoms with Crippen molar-refractivity contribution in [2.45, 2.75) is 11.5 Å². The Kier molecular flexibility index (Phi) is 4.22. The Morgan fingerprint density at radius 3 is 2.35 bits per heavy atom. The highest BCUT2D eigenvalue weighted by Crippen LogP contribution is 2.10. The van der Waals surface area contributed by atoms with Crippen LogP contribution in [-0.2, 0) is 14.6 Å². The highest BCUT2D eigenvalue weighted by Gasteiger charge is 2.32. The van der Waals surface area contributed by atoms with Crippen molar-refractivity contribution in [1.29, 1.82) is 0 Å². The van der Waals surface area contributed by atoms with Crippen molar-refractivity contribution in [2.24, 2.45) is 5.73 Å². The van der Waals surface area contributed by atoms with E-state index < -0.39 is 27.3 Å². The van der Waals surface area contributed by atoms with E-state index in [2.05, 4.69) is 0 Å². The number of benzene rings is 1. The fraction of sp³-hybridized carbons (Fsp3) is 0.300. The quantitative estimate of drug-likeness (QED) is 0.546. The fourth-order valence-electron chi connectivity index (χ4n) is 1.06. The van der Waals surface area contributed by atoms with Gasteiger partial charge in [-0.2, -0.15) is 0 Å². The Bertz CT molecular complexity index is 485. The van der Waals surface area contributed by atoms with E-state index in [4.69, 9.17) is 10.5 Å². The molecule has 1 aromatic rings. The van der Waals surface area contributed by atoms with Crippen LogP contribution < -0.4 is 10.5 Å². The number of para-hydroxylation sites is 1. The molecule has 2 atom stereocenters. The molecular formula is C10H13NO5S. The summed E-state index contributed by atoms with van der Waals surface area (Å²) >= 11 is 0. The van der Waals surface area contributed by atoms with E-state index in [1.807, 2.05) is 0 Å². The number of esters is 1. The maximum atomic E-state index is 11.4. The summed E-state index contributed by atoms with van der Waals surface area (Å²) in [6.07, 6.45) is 0.785. The van der Waals surface area contributed by atoms with Gasteiger partial charge in [0.05, 0.1) is 0 Å². The van der Waals surface area contributed by atoms with Gasteiger partial charge < -0.3 is 15.6 Å². The SMILES string of the molecule is CS(=O)(=O)[C@H](O)[C@H](N)C(=O)Oc1ccccc1. The third-order valence-corrected chi connectivity index (χ3v) is 3.15. The van der Waals surface area contributed by atoms with Gasteiger partial charge in [0.15, 0.2) is 15.3 Å². The van der Waals surface area contributed by atoms with Crippen molar-refractivity contribution >= 4 is 15.8 Å². The van der Waals surface area contributed by atoms with E-state index in [-0.39, 0.29) is 5.75 Å². The topological polar surface area (TPSA) is 107 Å². The van der Waals surface area contributed by atoms with Gasteiger partial charge >= 0.3 is 5.97 Å². The van der Waals surface area contributed by atoms with Crippen LogP contribution >= 0.6 is 0 Å². The second-order valence-electron chi connectivity index (χ2n) is 3.48. The average Bonchev–Trinajstić information content (AvgIpc) is 2.27. The van der Waals surface area contributed by atoms with Gasteiger partial charge in [-0.25, -0.2) is 13.2 Å². The van der Waals surface area contributed by atoms with Crippen LogP contribution in [-0.4, -0.2) is 37.2 Å². The lowest BCUT2D eigenvalue weighted by atomic mass is 10.3. The number of carbonyl (C=O) groups is 1. The van der Waals surface area contributed by atoms with E-state index in [0.29, 0.717) is 0 Å². The second kappa shape index (κ2) is 5.26. The van der Waals surface area contributed by atoms with Crippen molar-refractivity contribution in [3.05, 3.63) is 30.3 Å². The van der Waals surface area contributed by atoms with Gasteiger partial charge in [0.25, 0.3) is 0 Å². The number of hydrogen-bond acceptors (Lipinski definition) is 6. The lowest BCUT2D eigenvalue weighted by Crippen LogP contribution is -2.47. The molecule has 0 amide bonds. The van der Waals surface area contributed by atoms with Crippen LogP contribution in [0.15, 0.2) is 30.3 Å². The zero-order chi connectivity index (χ0) is 13.1. The van der Waals surface area contributed by atoms with Crippen LogP contribution in [0.4, 0.5) is 0 Å². The maximum Gasteiger partial charge on any atom is 0.332 e. The number of carbonyl (C=O) groups excluding carboxylic acids is 1. The molecule has 0 unspecified atom stereocenters. The van der Waals surface area contributed by atoms with Gasteiger partial charge in [-0.05, 0) is 12.1 Å². The Balaban J connectivity index is 2.72. The fourth-order valence-corrected chi connectivity index (χ4v) is 1.70. The highest BCUT2D eigenvalue weighted by molar-refractivity contribution is 7.91. The molecule has 0 aromatic heterocycles. The lowest BCUT2D eigenvalue weighted by Gasteiger charge is -2.15. The molecule has 0 aliphatic heterocycles. The third-order valence-electron chi connectivity index (χ3n) is 1.98. The maximum absolute atomic E-state index is 11.4. The van der Waals surface area contributed by atoms with Crippen LogP contribution in [0.2, 0.25) is 0 Å². The van der Waals surface area contributed by atoms with E-state index >= 15 is 0 Å². The van der Waals surface area contributed by atoms with Crippen LogP contribution in [0.3, 0.4) is 0 Å². The van der Waals surface area contributed by atoms with Crippen LogP contribution in [0.25, 0.3) is 0 Å². The molecule has 0 fully saturated rings. The first-order valence-corrected chi connectivity index (χ1v) is 6.67. The van der Waals surface area contributed by atoms with Gasteiger partial charge in [-0.15, -0.1) is 0 Å². The molecule has 0 bridgehead atoms. The summed E-state index contributed by atoms with van der Waals surface area (Å²) in [5.74, 6) is -0.775. The average molecular weight is 259 g/mol. The van der Waals surface area contributed by atoms with Crippen molar-refractivity contribution in [1.82, 2.24) is 0 Å². The molecule has 0 heterocycles. The van der Waals surface area contributed by atoms with Crippen molar-refractivity contribution in [3.63, 3.8) is 0 Å². The molecule has 7 heteroatoms. The molecule has 0 aliphatic carbocycles. The molecule has 17 heavy (non-hydrogen) atoms. The van der Waals surface area contributed by atoms with Crippen molar-refractivity contribution < 1.29 is 23.1 Å². The smallest absolute Gasteiger partial charge is 0.332 e. The minimum absolute atomic E-state index is 0.230. The molecular weight excluding hydrogens is 246 g/mol. The molecule has 1 rings (SSSR count). The number of rotatable bonds is 4. The summed E-state index contributed by atoms with van der Waals surface area (Å²) in [4.78, 5) is 11.4. The molecule has 0 aliphatic rings. The van der Waals surface area contributed by atoms with Crippen molar-refractivity contribution in [2.75, 3.05) is 6.26 Å². The van der Waals surface area contributed by atoms with Gasteiger partial charge in [-0.1, -0.05) is 18.2 Å². The van der Waals surface area contributed by atoms with Crippen LogP contribution in [0.5, 0.6) is 5.75 Å². The predicted octanol–water partition coefficient (Wildman–Crippen LogP) is -0.718. The molecule has 1 aromatic carbocycles. The summed E-state index contributed by atoms with van der Waals surface area (Å²) in [5.41, 5.74) is 3.32. The molecule has 94 valence electrons. The summed E-state index contributed by atoms with van der Waals surface area (Å²) in [6.45, 7) is 0. The number of sulfone groups is 1. The Morgan fingerprint density at radius 1 is 1.35 bits per heavy atom. The molecule has 3 N–H and O–H groups in total. The van der Waals surface area contributed by atoms with E-state index in [1.54, 1.807) is 18.2 Å². The predicted molar refractivity (Wildman–Crippen MR) is 60.9 cm³/mol. The third kappa shape index (κ3) is 3.81. The van der Waals surface area contributed by atoms with Crippen LogP contribution in [0, 0.1) is 0 Å². The van der Waals surface area contributed by atoms with Crippen molar-refractivity contribution in [3.8, 4) is 5.75 Å². The number of hydrogen-bond donors (Lipinski definition) is 2. The Labute approximate surface area is 98.9 Å². The Morgan fingerprint density at radius 2 is 1.88 bits per heavy atom. The lowest BCUT2D eigenvalue weighted by molar-refractivity contribution is -0.137. The summed E-state index contributed by atoms with van der Waals surface area (Å²) in [5, 5.41) is 9.29. The normalized spacial score (nSPS) is 15.0. The van der Waals surface area contributed by atoms with E-state index in [9.17, 15) is 18.3 Å². The summed E-state index contributed by atoms with van der Waals surface area (Å²) < 4.78 is 26.8. The monoisotopic (exact) mass is 259 g/mol. The second-order valence-corrected chi connectivity index (χ2v) is 5.62. The largest absolute Gasteiger partial charge is 0.425 e.